The molecule has 0 amide bonds. The number of benzene rings is 1. The Bertz CT molecular complexity index is 932. The zero-order valence-electron chi connectivity index (χ0n) is 13.5. The number of nitrogens with one attached hydrogen (secondary N) is 1. The number of anilines is 2. The molecule has 116 valence electrons. The SMILES string of the molecule is CNc1ncc2cc3c(nc2n1)[N+](C)(C)Cc1c(N)cccc1-3. The van der Waals surface area contributed by atoms with Crippen LogP contribution >= 0.6 is 0 Å². The number of hydrogen-bond donors (Lipinski definition) is 2. The van der Waals surface area contributed by atoms with Crippen LogP contribution in [-0.2, 0) is 6.54 Å². The van der Waals surface area contributed by atoms with Gasteiger partial charge in [0.2, 0.25) is 11.8 Å². The molecule has 0 unspecified atom stereocenters. The van der Waals surface area contributed by atoms with Gasteiger partial charge in [0.15, 0.2) is 5.65 Å². The summed E-state index contributed by atoms with van der Waals surface area (Å²) in [5.74, 6) is 1.59. The van der Waals surface area contributed by atoms with Crippen LogP contribution < -0.4 is 15.5 Å². The monoisotopic (exact) mass is 307 g/mol. The van der Waals surface area contributed by atoms with Crippen molar-refractivity contribution in [3.05, 3.63) is 36.0 Å². The number of nitrogen functional groups attached to an aromatic ring is 1. The number of pyridine rings is 1. The molecule has 2 aromatic heterocycles. The lowest BCUT2D eigenvalue weighted by molar-refractivity contribution is 0.380. The van der Waals surface area contributed by atoms with E-state index in [-0.39, 0.29) is 0 Å². The molecule has 3 N–H and O–H groups in total. The summed E-state index contributed by atoms with van der Waals surface area (Å²) in [5.41, 5.74) is 11.2. The Labute approximate surface area is 134 Å². The van der Waals surface area contributed by atoms with Gasteiger partial charge in [0.1, 0.15) is 6.54 Å². The van der Waals surface area contributed by atoms with E-state index >= 15 is 0 Å². The van der Waals surface area contributed by atoms with Gasteiger partial charge >= 0.3 is 0 Å². The molecule has 0 atom stereocenters. The van der Waals surface area contributed by atoms with Crippen molar-refractivity contribution >= 4 is 28.5 Å². The van der Waals surface area contributed by atoms with Crippen molar-refractivity contribution in [1.82, 2.24) is 19.4 Å². The smallest absolute Gasteiger partial charge is 0.237 e. The molecule has 1 aromatic carbocycles. The van der Waals surface area contributed by atoms with Crippen molar-refractivity contribution in [3.63, 3.8) is 0 Å². The Morgan fingerprint density at radius 3 is 2.78 bits per heavy atom. The first-order valence-electron chi connectivity index (χ1n) is 7.56. The van der Waals surface area contributed by atoms with E-state index in [1.165, 1.54) is 5.56 Å². The van der Waals surface area contributed by atoms with E-state index in [1.807, 2.05) is 18.3 Å². The van der Waals surface area contributed by atoms with E-state index in [2.05, 4.69) is 41.5 Å². The Balaban J connectivity index is 2.06. The summed E-state index contributed by atoms with van der Waals surface area (Å²) in [6.07, 6.45) is 1.81. The Hall–Kier alpha value is -2.73. The number of aromatic nitrogens is 3. The first-order chi connectivity index (χ1) is 11.0. The summed E-state index contributed by atoms with van der Waals surface area (Å²) >= 11 is 0. The van der Waals surface area contributed by atoms with Crippen molar-refractivity contribution in [3.8, 4) is 11.1 Å². The Morgan fingerprint density at radius 1 is 1.17 bits per heavy atom. The number of nitrogens with zero attached hydrogens (tertiary/aromatic N) is 4. The van der Waals surface area contributed by atoms with Crippen LogP contribution in [0.15, 0.2) is 30.5 Å². The molecule has 0 fully saturated rings. The molecule has 4 rings (SSSR count). The maximum atomic E-state index is 6.21. The van der Waals surface area contributed by atoms with Gasteiger partial charge in [-0.15, -0.1) is 0 Å². The van der Waals surface area contributed by atoms with E-state index in [4.69, 9.17) is 10.7 Å². The Kier molecular flexibility index (Phi) is 2.80. The third-order valence-corrected chi connectivity index (χ3v) is 4.40. The molecule has 0 aliphatic carbocycles. The second kappa shape index (κ2) is 4.63. The molecule has 23 heavy (non-hydrogen) atoms. The number of hydrogen-bond acceptors (Lipinski definition) is 5. The standard InChI is InChI=1S/C17H19N6/c1-19-17-20-8-10-7-12-11-5-4-6-14(18)13(11)9-23(2,3)16(12)21-15(10)22-17/h4-8H,9,18H2,1-3H3,(H,19,20,21,22)/q+1. The van der Waals surface area contributed by atoms with Crippen molar-refractivity contribution in [1.29, 1.82) is 0 Å². The largest absolute Gasteiger partial charge is 0.398 e. The third kappa shape index (κ3) is 2.03. The summed E-state index contributed by atoms with van der Waals surface area (Å²) in [6.45, 7) is 0.817. The molecule has 6 heteroatoms. The van der Waals surface area contributed by atoms with Crippen LogP contribution in [0.1, 0.15) is 5.56 Å². The number of nitrogens with two attached hydrogens (primary N) is 1. The summed E-state index contributed by atoms with van der Waals surface area (Å²) in [6, 6.07) is 8.18. The minimum atomic E-state index is 0.579. The molecule has 0 saturated heterocycles. The fourth-order valence-electron chi connectivity index (χ4n) is 3.24. The third-order valence-electron chi connectivity index (χ3n) is 4.40. The van der Waals surface area contributed by atoms with Crippen molar-refractivity contribution in [2.24, 2.45) is 0 Å². The highest BCUT2D eigenvalue weighted by Gasteiger charge is 2.34. The first kappa shape index (κ1) is 13.9. The molecule has 3 heterocycles. The van der Waals surface area contributed by atoms with Crippen LogP contribution in [-0.4, -0.2) is 36.1 Å². The average Bonchev–Trinajstić information content (AvgIpc) is 2.54. The van der Waals surface area contributed by atoms with Gasteiger partial charge in [0, 0.05) is 35.4 Å². The van der Waals surface area contributed by atoms with Crippen molar-refractivity contribution < 1.29 is 0 Å². The minimum Gasteiger partial charge on any atom is -0.398 e. The fraction of sp³-hybridized carbons (Fsp3) is 0.235. The van der Waals surface area contributed by atoms with Crippen LogP contribution in [0.2, 0.25) is 0 Å². The molecule has 0 spiro atoms. The molecule has 0 saturated carbocycles. The minimum absolute atomic E-state index is 0.579. The van der Waals surface area contributed by atoms with E-state index in [1.54, 1.807) is 7.05 Å². The van der Waals surface area contributed by atoms with Gasteiger partial charge in [-0.3, -0.25) is 4.48 Å². The van der Waals surface area contributed by atoms with Crippen LogP contribution in [0.3, 0.4) is 0 Å². The predicted octanol–water partition coefficient (Wildman–Crippen LogP) is 2.40. The summed E-state index contributed by atoms with van der Waals surface area (Å²) in [4.78, 5) is 13.6. The van der Waals surface area contributed by atoms with Crippen LogP contribution in [0.5, 0.6) is 0 Å². The molecule has 6 nitrogen and oxygen atoms in total. The molecular formula is C17H19N6+. The van der Waals surface area contributed by atoms with E-state index in [0.717, 1.165) is 34.6 Å². The highest BCUT2D eigenvalue weighted by Crippen LogP contribution is 2.43. The maximum absolute atomic E-state index is 6.21. The molecule has 0 bridgehead atoms. The predicted molar refractivity (Wildman–Crippen MR) is 94.1 cm³/mol. The normalized spacial score (nSPS) is 15.1. The summed E-state index contributed by atoms with van der Waals surface area (Å²) < 4.78 is 0.644. The maximum Gasteiger partial charge on any atom is 0.237 e. The number of fused-ring (bicyclic) bond motifs is 4. The number of quaternary nitrogens is 1. The van der Waals surface area contributed by atoms with E-state index < -0.39 is 0 Å². The van der Waals surface area contributed by atoms with Crippen LogP contribution in [0.4, 0.5) is 17.5 Å². The van der Waals surface area contributed by atoms with Gasteiger partial charge in [-0.2, -0.15) is 9.97 Å². The lowest BCUT2D eigenvalue weighted by Crippen LogP contribution is -2.43. The second-order valence-electron chi connectivity index (χ2n) is 6.43. The van der Waals surface area contributed by atoms with Gasteiger partial charge < -0.3 is 11.1 Å². The van der Waals surface area contributed by atoms with Crippen LogP contribution in [0.25, 0.3) is 22.2 Å². The van der Waals surface area contributed by atoms with E-state index in [0.29, 0.717) is 16.1 Å². The fourth-order valence-corrected chi connectivity index (χ4v) is 3.24. The van der Waals surface area contributed by atoms with E-state index in [9.17, 15) is 0 Å². The lowest BCUT2D eigenvalue weighted by Gasteiger charge is -2.35. The van der Waals surface area contributed by atoms with Gasteiger partial charge in [-0.1, -0.05) is 12.1 Å². The highest BCUT2D eigenvalue weighted by molar-refractivity contribution is 5.90. The van der Waals surface area contributed by atoms with Gasteiger partial charge in [-0.05, 0) is 12.1 Å². The molecule has 1 aliphatic heterocycles. The molecular weight excluding hydrogens is 288 g/mol. The summed E-state index contributed by atoms with van der Waals surface area (Å²) in [5, 5.41) is 3.89. The topological polar surface area (TPSA) is 76.7 Å². The Morgan fingerprint density at radius 2 is 2.00 bits per heavy atom. The zero-order chi connectivity index (χ0) is 16.2. The average molecular weight is 307 g/mol. The number of rotatable bonds is 1. The van der Waals surface area contributed by atoms with Crippen LogP contribution in [0, 0.1) is 0 Å². The first-order valence-corrected chi connectivity index (χ1v) is 7.56. The van der Waals surface area contributed by atoms with Crippen molar-refractivity contribution in [2.45, 2.75) is 6.54 Å². The van der Waals surface area contributed by atoms with Gasteiger partial charge in [0.05, 0.1) is 19.7 Å². The van der Waals surface area contributed by atoms with Crippen molar-refractivity contribution in [2.75, 3.05) is 32.2 Å². The molecule has 1 aliphatic rings. The molecule has 3 aromatic rings. The van der Waals surface area contributed by atoms with Gasteiger partial charge in [-0.25, -0.2) is 4.98 Å². The van der Waals surface area contributed by atoms with Gasteiger partial charge in [0.25, 0.3) is 0 Å². The lowest BCUT2D eigenvalue weighted by atomic mass is 9.93. The quantitative estimate of drug-likeness (QED) is 0.533. The summed E-state index contributed by atoms with van der Waals surface area (Å²) in [7, 11) is 6.10. The zero-order valence-corrected chi connectivity index (χ0v) is 13.5. The highest BCUT2D eigenvalue weighted by atomic mass is 15.4. The second-order valence-corrected chi connectivity index (χ2v) is 6.43. The molecule has 0 radical (unpaired) electrons.